The van der Waals surface area contributed by atoms with Crippen LogP contribution in [0.5, 0.6) is 17.2 Å². The van der Waals surface area contributed by atoms with Crippen molar-refractivity contribution in [2.45, 2.75) is 0 Å². The van der Waals surface area contributed by atoms with Crippen LogP contribution in [0, 0.1) is 0 Å². The first-order valence-corrected chi connectivity index (χ1v) is 5.67. The molecule has 0 fully saturated rings. The molecule has 0 saturated heterocycles. The summed E-state index contributed by atoms with van der Waals surface area (Å²) in [5, 5.41) is 0.529. The van der Waals surface area contributed by atoms with Gasteiger partial charge in [-0.15, -0.1) is 0 Å². The van der Waals surface area contributed by atoms with E-state index in [1.807, 2.05) is 0 Å². The van der Waals surface area contributed by atoms with Crippen LogP contribution in [-0.4, -0.2) is 13.4 Å². The van der Waals surface area contributed by atoms with Gasteiger partial charge in [0.1, 0.15) is 23.5 Å². The molecule has 0 amide bonds. The summed E-state index contributed by atoms with van der Waals surface area (Å²) in [6, 6.07) is 12.0. The van der Waals surface area contributed by atoms with Crippen LogP contribution in [0.15, 0.2) is 42.5 Å². The van der Waals surface area contributed by atoms with Crippen LogP contribution < -0.4 is 9.47 Å². The van der Waals surface area contributed by atoms with Gasteiger partial charge in [0.2, 0.25) is 0 Å². The predicted molar refractivity (Wildman–Crippen MR) is 69.9 cm³/mol. The molecule has 0 heterocycles. The molecule has 0 N–H and O–H groups in total. The van der Waals surface area contributed by atoms with Gasteiger partial charge in [-0.3, -0.25) is 4.79 Å². The van der Waals surface area contributed by atoms with Crippen LogP contribution in [0.1, 0.15) is 10.4 Å². The third kappa shape index (κ3) is 2.81. The maximum Gasteiger partial charge on any atom is 0.150 e. The van der Waals surface area contributed by atoms with E-state index in [-0.39, 0.29) is 0 Å². The van der Waals surface area contributed by atoms with Crippen LogP contribution in [0.3, 0.4) is 0 Å². The fourth-order valence-corrected chi connectivity index (χ4v) is 1.65. The zero-order chi connectivity index (χ0) is 13.0. The lowest BCUT2D eigenvalue weighted by Crippen LogP contribution is -1.88. The van der Waals surface area contributed by atoms with Gasteiger partial charge < -0.3 is 9.47 Å². The number of hydrogen-bond acceptors (Lipinski definition) is 3. The fraction of sp³-hybridized carbons (Fsp3) is 0.0714. The number of benzene rings is 2. The molecule has 2 rings (SSSR count). The third-order valence-corrected chi connectivity index (χ3v) is 2.69. The highest BCUT2D eigenvalue weighted by atomic mass is 35.5. The summed E-state index contributed by atoms with van der Waals surface area (Å²) >= 11 is 5.92. The molecule has 0 aromatic heterocycles. The van der Waals surface area contributed by atoms with Gasteiger partial charge in [-0.25, -0.2) is 0 Å². The molecular formula is C14H11ClO3. The van der Waals surface area contributed by atoms with E-state index in [0.717, 1.165) is 6.29 Å². The van der Waals surface area contributed by atoms with Crippen LogP contribution in [0.25, 0.3) is 0 Å². The first-order valence-electron chi connectivity index (χ1n) is 5.29. The normalized spacial score (nSPS) is 9.89. The van der Waals surface area contributed by atoms with Gasteiger partial charge in [-0.05, 0) is 36.4 Å². The summed E-state index contributed by atoms with van der Waals surface area (Å²) in [5.74, 6) is 1.82. The second-order valence-electron chi connectivity index (χ2n) is 3.59. The molecule has 0 atom stereocenters. The summed E-state index contributed by atoms with van der Waals surface area (Å²) in [5.41, 5.74) is 0.607. The van der Waals surface area contributed by atoms with Gasteiger partial charge >= 0.3 is 0 Å². The summed E-state index contributed by atoms with van der Waals surface area (Å²) in [6.45, 7) is 0. The van der Waals surface area contributed by atoms with Crippen molar-refractivity contribution >= 4 is 17.9 Å². The summed E-state index contributed by atoms with van der Waals surface area (Å²) in [4.78, 5) is 10.5. The Morgan fingerprint density at radius 3 is 2.33 bits per heavy atom. The minimum Gasteiger partial charge on any atom is -0.495 e. The third-order valence-electron chi connectivity index (χ3n) is 2.37. The van der Waals surface area contributed by atoms with Gasteiger partial charge in [-0.2, -0.15) is 0 Å². The van der Waals surface area contributed by atoms with Crippen LogP contribution in [0.2, 0.25) is 5.02 Å². The van der Waals surface area contributed by atoms with E-state index in [2.05, 4.69) is 0 Å². The summed E-state index contributed by atoms with van der Waals surface area (Å²) in [6.07, 6.45) is 0.787. The Balaban J connectivity index is 2.19. The van der Waals surface area contributed by atoms with Crippen LogP contribution >= 0.6 is 11.6 Å². The average molecular weight is 263 g/mol. The monoisotopic (exact) mass is 262 g/mol. The quantitative estimate of drug-likeness (QED) is 0.783. The summed E-state index contributed by atoms with van der Waals surface area (Å²) in [7, 11) is 1.55. The molecule has 2 aromatic carbocycles. The molecule has 0 bridgehead atoms. The van der Waals surface area contributed by atoms with E-state index in [0.29, 0.717) is 27.8 Å². The standard InChI is InChI=1S/C14H11ClO3/c1-17-14-8-12(6-7-13(14)15)18-11-4-2-10(9-16)3-5-11/h2-9H,1H3. The largest absolute Gasteiger partial charge is 0.495 e. The number of hydrogen-bond donors (Lipinski definition) is 0. The Morgan fingerprint density at radius 2 is 1.72 bits per heavy atom. The molecule has 2 aromatic rings. The second kappa shape index (κ2) is 5.56. The molecule has 4 heteroatoms. The molecule has 0 spiro atoms. The Bertz CT molecular complexity index is 549. The maximum absolute atomic E-state index is 10.5. The van der Waals surface area contributed by atoms with Crippen molar-refractivity contribution in [3.05, 3.63) is 53.1 Å². The van der Waals surface area contributed by atoms with Crippen molar-refractivity contribution < 1.29 is 14.3 Å². The number of halogens is 1. The Kier molecular flexibility index (Phi) is 3.85. The molecule has 0 saturated carbocycles. The van der Waals surface area contributed by atoms with E-state index in [1.54, 1.807) is 49.6 Å². The number of aldehydes is 1. The number of ether oxygens (including phenoxy) is 2. The molecule has 92 valence electrons. The summed E-state index contributed by atoms with van der Waals surface area (Å²) < 4.78 is 10.7. The van der Waals surface area contributed by atoms with Gasteiger partial charge in [-0.1, -0.05) is 11.6 Å². The SMILES string of the molecule is COc1cc(Oc2ccc(C=O)cc2)ccc1Cl. The van der Waals surface area contributed by atoms with Gasteiger partial charge in [0.05, 0.1) is 12.1 Å². The topological polar surface area (TPSA) is 35.5 Å². The van der Waals surface area contributed by atoms with E-state index < -0.39 is 0 Å². The van der Waals surface area contributed by atoms with Crippen molar-refractivity contribution in [3.8, 4) is 17.2 Å². The molecule has 3 nitrogen and oxygen atoms in total. The zero-order valence-electron chi connectivity index (χ0n) is 9.72. The lowest BCUT2D eigenvalue weighted by atomic mass is 10.2. The van der Waals surface area contributed by atoms with Crippen molar-refractivity contribution in [3.63, 3.8) is 0 Å². The smallest absolute Gasteiger partial charge is 0.150 e. The van der Waals surface area contributed by atoms with E-state index >= 15 is 0 Å². The van der Waals surface area contributed by atoms with E-state index in [4.69, 9.17) is 21.1 Å². The van der Waals surface area contributed by atoms with E-state index in [1.165, 1.54) is 0 Å². The molecular weight excluding hydrogens is 252 g/mol. The minimum atomic E-state index is 0.529. The average Bonchev–Trinajstić information content (AvgIpc) is 2.42. The Hall–Kier alpha value is -2.00. The van der Waals surface area contributed by atoms with Gasteiger partial charge in [0.15, 0.2) is 0 Å². The number of carbonyl (C=O) groups is 1. The van der Waals surface area contributed by atoms with Gasteiger partial charge in [0, 0.05) is 11.6 Å². The molecule has 0 aliphatic heterocycles. The van der Waals surface area contributed by atoms with Crippen LogP contribution in [-0.2, 0) is 0 Å². The van der Waals surface area contributed by atoms with Crippen molar-refractivity contribution in [1.82, 2.24) is 0 Å². The first kappa shape index (κ1) is 12.5. The molecule has 0 radical (unpaired) electrons. The highest BCUT2D eigenvalue weighted by molar-refractivity contribution is 6.32. The van der Waals surface area contributed by atoms with Crippen molar-refractivity contribution in [2.24, 2.45) is 0 Å². The second-order valence-corrected chi connectivity index (χ2v) is 3.99. The number of methoxy groups -OCH3 is 1. The van der Waals surface area contributed by atoms with Crippen molar-refractivity contribution in [2.75, 3.05) is 7.11 Å². The van der Waals surface area contributed by atoms with E-state index in [9.17, 15) is 4.79 Å². The first-order chi connectivity index (χ1) is 8.72. The van der Waals surface area contributed by atoms with Crippen LogP contribution in [0.4, 0.5) is 0 Å². The number of rotatable bonds is 4. The lowest BCUT2D eigenvalue weighted by molar-refractivity contribution is 0.112. The zero-order valence-corrected chi connectivity index (χ0v) is 10.5. The molecule has 0 aliphatic rings. The lowest BCUT2D eigenvalue weighted by Gasteiger charge is -2.08. The highest BCUT2D eigenvalue weighted by Crippen LogP contribution is 2.31. The maximum atomic E-state index is 10.5. The number of carbonyl (C=O) groups excluding carboxylic acids is 1. The molecule has 0 unspecified atom stereocenters. The highest BCUT2D eigenvalue weighted by Gasteiger charge is 2.04. The van der Waals surface area contributed by atoms with Crippen molar-refractivity contribution in [1.29, 1.82) is 0 Å². The molecule has 18 heavy (non-hydrogen) atoms. The Morgan fingerprint density at radius 1 is 1.06 bits per heavy atom. The molecule has 0 aliphatic carbocycles. The fourth-order valence-electron chi connectivity index (χ4n) is 1.45. The predicted octanol–water partition coefficient (Wildman–Crippen LogP) is 3.95. The minimum absolute atomic E-state index is 0.529. The van der Waals surface area contributed by atoms with Gasteiger partial charge in [0.25, 0.3) is 0 Å². The Labute approximate surface area is 110 Å².